The molecule has 1 saturated carbocycles. The minimum absolute atomic E-state index is 0.170. The van der Waals surface area contributed by atoms with Gasteiger partial charge in [-0.1, -0.05) is 28.1 Å². The number of hydrogen-bond acceptors (Lipinski definition) is 1. The van der Waals surface area contributed by atoms with Crippen LogP contribution >= 0.6 is 15.9 Å². The van der Waals surface area contributed by atoms with Gasteiger partial charge in [-0.25, -0.2) is 0 Å². The van der Waals surface area contributed by atoms with E-state index < -0.39 is 12.6 Å². The lowest BCUT2D eigenvalue weighted by atomic mass is 9.76. The van der Waals surface area contributed by atoms with E-state index in [0.717, 1.165) is 17.3 Å². The number of alkyl halides is 3. The zero-order valence-electron chi connectivity index (χ0n) is 10.5. The molecule has 0 amide bonds. The monoisotopic (exact) mass is 335 g/mol. The molecule has 1 nitrogen and oxygen atoms in total. The first-order chi connectivity index (χ1) is 8.94. The minimum Gasteiger partial charge on any atom is -0.314 e. The van der Waals surface area contributed by atoms with Crippen LogP contribution in [0, 0.1) is 0 Å². The second-order valence-corrected chi connectivity index (χ2v) is 6.01. The van der Waals surface area contributed by atoms with Gasteiger partial charge >= 0.3 is 6.18 Å². The van der Waals surface area contributed by atoms with Crippen molar-refractivity contribution in [1.29, 1.82) is 0 Å². The summed E-state index contributed by atoms with van der Waals surface area (Å²) in [5, 5.41) is 3.19. The summed E-state index contributed by atoms with van der Waals surface area (Å²) in [7, 11) is 0. The summed E-state index contributed by atoms with van der Waals surface area (Å²) in [4.78, 5) is 0. The lowest BCUT2D eigenvalue weighted by molar-refractivity contribution is -0.135. The summed E-state index contributed by atoms with van der Waals surface area (Å²) in [5.41, 5.74) is 1.32. The van der Waals surface area contributed by atoms with Crippen LogP contribution in [0.25, 0.3) is 0 Å². The number of nitrogens with one attached hydrogen (secondary N) is 1. The van der Waals surface area contributed by atoms with Crippen molar-refractivity contribution >= 4 is 15.9 Å². The van der Waals surface area contributed by atoms with E-state index in [1.807, 2.05) is 12.1 Å². The molecule has 1 aliphatic carbocycles. The summed E-state index contributed by atoms with van der Waals surface area (Å²) in [5.74, 6) is 0.549. The van der Waals surface area contributed by atoms with Crippen molar-refractivity contribution in [1.82, 2.24) is 5.32 Å². The summed E-state index contributed by atoms with van der Waals surface area (Å²) in [6.07, 6.45) is -2.51. The molecular formula is C14H17BrF3N. The van der Waals surface area contributed by atoms with Crippen molar-refractivity contribution in [3.05, 3.63) is 34.3 Å². The van der Waals surface area contributed by atoms with Crippen molar-refractivity contribution in [2.24, 2.45) is 0 Å². The second kappa shape index (κ2) is 6.27. The third-order valence-electron chi connectivity index (χ3n) is 3.55. The molecule has 0 heterocycles. The zero-order valence-corrected chi connectivity index (χ0v) is 12.1. The summed E-state index contributed by atoms with van der Waals surface area (Å²) in [6.45, 7) is 0.456. The number of benzene rings is 1. The molecule has 5 heteroatoms. The van der Waals surface area contributed by atoms with E-state index in [1.165, 1.54) is 5.56 Å². The number of halogens is 4. The van der Waals surface area contributed by atoms with Crippen molar-refractivity contribution in [3.8, 4) is 0 Å². The molecule has 1 N–H and O–H groups in total. The number of hydrogen-bond donors (Lipinski definition) is 1. The SMILES string of the molecule is FC(F)(F)CCCNC1CC(c2ccc(Br)cc2)C1. The molecule has 0 atom stereocenters. The maximum atomic E-state index is 12.0. The van der Waals surface area contributed by atoms with Crippen molar-refractivity contribution in [2.75, 3.05) is 6.54 Å². The Morgan fingerprint density at radius 2 is 1.79 bits per heavy atom. The molecule has 1 fully saturated rings. The Balaban J connectivity index is 1.63. The van der Waals surface area contributed by atoms with Gasteiger partial charge in [0.05, 0.1) is 0 Å². The Bertz CT molecular complexity index is 396. The molecule has 2 rings (SSSR count). The Morgan fingerprint density at radius 1 is 1.16 bits per heavy atom. The Morgan fingerprint density at radius 3 is 2.37 bits per heavy atom. The predicted octanol–water partition coefficient (Wildman–Crippen LogP) is 4.63. The van der Waals surface area contributed by atoms with Crippen molar-refractivity contribution in [2.45, 2.75) is 43.8 Å². The second-order valence-electron chi connectivity index (χ2n) is 5.09. The molecule has 0 bridgehead atoms. The molecule has 0 spiro atoms. The summed E-state index contributed by atoms with van der Waals surface area (Å²) < 4.78 is 36.9. The van der Waals surface area contributed by atoms with E-state index in [9.17, 15) is 13.2 Å². The van der Waals surface area contributed by atoms with E-state index in [1.54, 1.807) is 0 Å². The van der Waals surface area contributed by atoms with Gasteiger partial charge in [0.2, 0.25) is 0 Å². The number of rotatable bonds is 5. The molecule has 0 aromatic heterocycles. The fourth-order valence-electron chi connectivity index (χ4n) is 2.39. The Kier molecular flexibility index (Phi) is 4.90. The smallest absolute Gasteiger partial charge is 0.314 e. The van der Waals surface area contributed by atoms with Crippen LogP contribution in [0.5, 0.6) is 0 Å². The third-order valence-corrected chi connectivity index (χ3v) is 4.08. The minimum atomic E-state index is -4.03. The highest BCUT2D eigenvalue weighted by Gasteiger charge is 2.30. The zero-order chi connectivity index (χ0) is 13.9. The fourth-order valence-corrected chi connectivity index (χ4v) is 2.65. The molecule has 0 unspecified atom stereocenters. The molecule has 1 aliphatic rings. The van der Waals surface area contributed by atoms with Gasteiger partial charge < -0.3 is 5.32 Å². The molecule has 0 aliphatic heterocycles. The molecule has 0 saturated heterocycles. The maximum Gasteiger partial charge on any atom is 0.389 e. The highest BCUT2D eigenvalue weighted by atomic mass is 79.9. The Labute approximate surface area is 119 Å². The van der Waals surface area contributed by atoms with E-state index in [2.05, 4.69) is 33.4 Å². The van der Waals surface area contributed by atoms with Crippen LogP contribution in [0.3, 0.4) is 0 Å². The van der Waals surface area contributed by atoms with Gasteiger partial charge in [0.1, 0.15) is 0 Å². The molecule has 0 radical (unpaired) electrons. The maximum absolute atomic E-state index is 12.0. The lowest BCUT2D eigenvalue weighted by Gasteiger charge is -2.36. The fraction of sp³-hybridized carbons (Fsp3) is 0.571. The topological polar surface area (TPSA) is 12.0 Å². The van der Waals surface area contributed by atoms with E-state index >= 15 is 0 Å². The quantitative estimate of drug-likeness (QED) is 0.773. The largest absolute Gasteiger partial charge is 0.389 e. The first-order valence-corrected chi connectivity index (χ1v) is 7.29. The van der Waals surface area contributed by atoms with Gasteiger partial charge in [-0.15, -0.1) is 0 Å². The Hall–Kier alpha value is -0.550. The van der Waals surface area contributed by atoms with E-state index in [0.29, 0.717) is 18.5 Å². The van der Waals surface area contributed by atoms with Crippen LogP contribution in [-0.4, -0.2) is 18.8 Å². The van der Waals surface area contributed by atoms with Gasteiger partial charge in [0.15, 0.2) is 0 Å². The average Bonchev–Trinajstić information content (AvgIpc) is 2.27. The van der Waals surface area contributed by atoms with Gasteiger partial charge in [-0.3, -0.25) is 0 Å². The molecule has 19 heavy (non-hydrogen) atoms. The summed E-state index contributed by atoms with van der Waals surface area (Å²) >= 11 is 3.40. The first kappa shape index (κ1) is 14.9. The predicted molar refractivity (Wildman–Crippen MR) is 73.2 cm³/mol. The molecule has 1 aromatic carbocycles. The van der Waals surface area contributed by atoms with Crippen LogP contribution in [0.15, 0.2) is 28.7 Å². The standard InChI is InChI=1S/C14H17BrF3N/c15-12-4-2-10(3-5-12)11-8-13(9-11)19-7-1-6-14(16,17)18/h2-5,11,13,19H,1,6-9H2. The summed E-state index contributed by atoms with van der Waals surface area (Å²) in [6, 6.07) is 8.64. The third kappa shape index (κ3) is 4.80. The molecule has 106 valence electrons. The van der Waals surface area contributed by atoms with Gasteiger partial charge in [0, 0.05) is 16.9 Å². The normalized spacial score (nSPS) is 23.2. The molecular weight excluding hydrogens is 319 g/mol. The van der Waals surface area contributed by atoms with Crippen LogP contribution in [0.1, 0.15) is 37.2 Å². The van der Waals surface area contributed by atoms with Crippen LogP contribution in [0.2, 0.25) is 0 Å². The highest BCUT2D eigenvalue weighted by Crippen LogP contribution is 2.37. The van der Waals surface area contributed by atoms with E-state index in [4.69, 9.17) is 0 Å². The highest BCUT2D eigenvalue weighted by molar-refractivity contribution is 9.10. The first-order valence-electron chi connectivity index (χ1n) is 6.49. The van der Waals surface area contributed by atoms with E-state index in [-0.39, 0.29) is 6.42 Å². The molecule has 1 aromatic rings. The van der Waals surface area contributed by atoms with Crippen LogP contribution < -0.4 is 5.32 Å². The average molecular weight is 336 g/mol. The van der Waals surface area contributed by atoms with Gasteiger partial charge in [-0.05, 0) is 49.4 Å². The van der Waals surface area contributed by atoms with Gasteiger partial charge in [-0.2, -0.15) is 13.2 Å². The van der Waals surface area contributed by atoms with Gasteiger partial charge in [0.25, 0.3) is 0 Å². The van der Waals surface area contributed by atoms with Crippen LogP contribution in [0.4, 0.5) is 13.2 Å². The van der Waals surface area contributed by atoms with Crippen molar-refractivity contribution < 1.29 is 13.2 Å². The van der Waals surface area contributed by atoms with Crippen LogP contribution in [-0.2, 0) is 0 Å². The lowest BCUT2D eigenvalue weighted by Crippen LogP contribution is -2.40. The van der Waals surface area contributed by atoms with Crippen molar-refractivity contribution in [3.63, 3.8) is 0 Å².